The van der Waals surface area contributed by atoms with Crippen molar-refractivity contribution in [3.8, 4) is 11.3 Å². The molecule has 1 aliphatic heterocycles. The van der Waals surface area contributed by atoms with Crippen LogP contribution in [-0.4, -0.2) is 43.6 Å². The summed E-state index contributed by atoms with van der Waals surface area (Å²) in [6, 6.07) is 12.5. The summed E-state index contributed by atoms with van der Waals surface area (Å²) >= 11 is 1.31. The van der Waals surface area contributed by atoms with E-state index >= 15 is 0 Å². The quantitative estimate of drug-likeness (QED) is 0.667. The minimum absolute atomic E-state index is 0.104. The maximum Gasteiger partial charge on any atom is 0.285 e. The molecule has 3 aromatic rings. The number of hydrogen-bond donors (Lipinski definition) is 1. The average molecular weight is 445 g/mol. The van der Waals surface area contributed by atoms with E-state index in [9.17, 15) is 17.6 Å². The standard InChI is InChI=1S/C20H17FN4O3S2/c1-12-18(13-7-9-14(21)10-8-13)23-20(29-12)22-17(26)11-25(2)19-15-5-3-4-6-16(15)30(27,28)24-19/h3-10H,11H2,1-2H3,(H,22,23,26). The number of aromatic nitrogens is 1. The maximum atomic E-state index is 13.1. The fourth-order valence-corrected chi connectivity index (χ4v) is 5.24. The van der Waals surface area contributed by atoms with Gasteiger partial charge in [0.1, 0.15) is 10.7 Å². The minimum atomic E-state index is -3.75. The number of thiazole rings is 1. The molecule has 10 heteroatoms. The number of aryl methyl sites for hydroxylation is 1. The number of halogens is 1. The molecule has 0 atom stereocenters. The number of carbonyl (C=O) groups is 1. The first-order chi connectivity index (χ1) is 14.2. The average Bonchev–Trinajstić information content (AvgIpc) is 3.19. The lowest BCUT2D eigenvalue weighted by atomic mass is 10.1. The molecule has 2 heterocycles. The Labute approximate surface area is 177 Å². The van der Waals surface area contributed by atoms with Crippen LogP contribution in [0.3, 0.4) is 0 Å². The molecule has 4 rings (SSSR count). The highest BCUT2D eigenvalue weighted by molar-refractivity contribution is 7.90. The fraction of sp³-hybridized carbons (Fsp3) is 0.150. The zero-order valence-electron chi connectivity index (χ0n) is 16.1. The molecule has 1 N–H and O–H groups in total. The van der Waals surface area contributed by atoms with Crippen LogP contribution in [0.25, 0.3) is 11.3 Å². The van der Waals surface area contributed by atoms with E-state index in [0.717, 1.165) is 10.4 Å². The molecule has 0 fully saturated rings. The lowest BCUT2D eigenvalue weighted by Crippen LogP contribution is -2.34. The minimum Gasteiger partial charge on any atom is -0.349 e. The van der Waals surface area contributed by atoms with Gasteiger partial charge in [-0.05, 0) is 43.3 Å². The smallest absolute Gasteiger partial charge is 0.285 e. The van der Waals surface area contributed by atoms with Crippen LogP contribution in [0.1, 0.15) is 10.4 Å². The summed E-state index contributed by atoms with van der Waals surface area (Å²) in [4.78, 5) is 19.4. The highest BCUT2D eigenvalue weighted by Gasteiger charge is 2.31. The summed E-state index contributed by atoms with van der Waals surface area (Å²) in [6.07, 6.45) is 0. The van der Waals surface area contributed by atoms with Gasteiger partial charge in [-0.1, -0.05) is 12.1 Å². The lowest BCUT2D eigenvalue weighted by molar-refractivity contribution is -0.116. The number of anilines is 1. The van der Waals surface area contributed by atoms with Crippen LogP contribution in [0.15, 0.2) is 57.8 Å². The number of nitrogens with one attached hydrogen (secondary N) is 1. The Bertz CT molecular complexity index is 1270. The Balaban J connectivity index is 1.48. The highest BCUT2D eigenvalue weighted by Crippen LogP contribution is 2.31. The Kier molecular flexibility index (Phi) is 5.12. The molecule has 1 amide bonds. The molecule has 0 saturated heterocycles. The number of benzene rings is 2. The van der Waals surface area contributed by atoms with Gasteiger partial charge in [-0.25, -0.2) is 9.37 Å². The van der Waals surface area contributed by atoms with E-state index in [1.807, 2.05) is 6.92 Å². The second kappa shape index (κ2) is 7.62. The van der Waals surface area contributed by atoms with Crippen molar-refractivity contribution in [3.05, 3.63) is 64.8 Å². The first-order valence-corrected chi connectivity index (χ1v) is 11.2. The van der Waals surface area contributed by atoms with E-state index in [2.05, 4.69) is 14.7 Å². The van der Waals surface area contributed by atoms with Crippen LogP contribution >= 0.6 is 11.3 Å². The largest absolute Gasteiger partial charge is 0.349 e. The molecule has 0 bridgehead atoms. The van der Waals surface area contributed by atoms with Gasteiger partial charge in [-0.3, -0.25) is 4.79 Å². The molecule has 0 saturated carbocycles. The number of carbonyl (C=O) groups excluding carboxylic acids is 1. The van der Waals surface area contributed by atoms with E-state index in [1.54, 1.807) is 37.4 Å². The van der Waals surface area contributed by atoms with Gasteiger partial charge in [0.15, 0.2) is 11.0 Å². The zero-order valence-corrected chi connectivity index (χ0v) is 17.7. The van der Waals surface area contributed by atoms with Gasteiger partial charge in [0.25, 0.3) is 10.0 Å². The molecular weight excluding hydrogens is 427 g/mol. The summed E-state index contributed by atoms with van der Waals surface area (Å²) in [7, 11) is -2.15. The van der Waals surface area contributed by atoms with Crippen molar-refractivity contribution in [1.29, 1.82) is 0 Å². The van der Waals surface area contributed by atoms with Crippen LogP contribution in [0.4, 0.5) is 9.52 Å². The maximum absolute atomic E-state index is 13.1. The molecule has 0 unspecified atom stereocenters. The highest BCUT2D eigenvalue weighted by atomic mass is 32.2. The first kappa shape index (κ1) is 20.2. The van der Waals surface area contributed by atoms with Crippen molar-refractivity contribution in [2.45, 2.75) is 11.8 Å². The summed E-state index contributed by atoms with van der Waals surface area (Å²) in [6.45, 7) is 1.76. The SMILES string of the molecule is Cc1sc(NC(=O)CN(C)C2=NS(=O)(=O)c3ccccc32)nc1-c1ccc(F)cc1. The van der Waals surface area contributed by atoms with Crippen molar-refractivity contribution in [2.24, 2.45) is 4.40 Å². The number of likely N-dealkylation sites (N-methyl/N-ethyl adjacent to an activating group) is 1. The predicted octanol–water partition coefficient (Wildman–Crippen LogP) is 3.28. The van der Waals surface area contributed by atoms with Gasteiger partial charge < -0.3 is 10.2 Å². The van der Waals surface area contributed by atoms with Gasteiger partial charge in [0, 0.05) is 23.1 Å². The third-order valence-electron chi connectivity index (χ3n) is 4.52. The van der Waals surface area contributed by atoms with Gasteiger partial charge >= 0.3 is 0 Å². The van der Waals surface area contributed by atoms with Gasteiger partial charge in [-0.15, -0.1) is 15.7 Å². The van der Waals surface area contributed by atoms with Crippen LogP contribution < -0.4 is 5.32 Å². The number of sulfonamides is 1. The second-order valence-electron chi connectivity index (χ2n) is 6.72. The van der Waals surface area contributed by atoms with Crippen LogP contribution in [-0.2, 0) is 14.8 Å². The Morgan fingerprint density at radius 3 is 2.60 bits per heavy atom. The molecule has 1 aliphatic rings. The fourth-order valence-electron chi connectivity index (χ4n) is 3.14. The van der Waals surface area contributed by atoms with Crippen molar-refractivity contribution in [3.63, 3.8) is 0 Å². The monoisotopic (exact) mass is 444 g/mol. The number of nitrogens with zero attached hydrogens (tertiary/aromatic N) is 3. The molecule has 154 valence electrons. The normalized spacial score (nSPS) is 14.2. The molecule has 0 aliphatic carbocycles. The van der Waals surface area contributed by atoms with Gasteiger partial charge in [0.05, 0.1) is 12.2 Å². The summed E-state index contributed by atoms with van der Waals surface area (Å²) in [5.74, 6) is -0.467. The van der Waals surface area contributed by atoms with E-state index in [0.29, 0.717) is 16.4 Å². The summed E-state index contributed by atoms with van der Waals surface area (Å²) < 4.78 is 41.3. The Hall–Kier alpha value is -3.11. The molecule has 30 heavy (non-hydrogen) atoms. The zero-order chi connectivity index (χ0) is 21.5. The molecule has 0 spiro atoms. The number of amidine groups is 1. The van der Waals surface area contributed by atoms with E-state index < -0.39 is 10.0 Å². The topological polar surface area (TPSA) is 91.7 Å². The Morgan fingerprint density at radius 1 is 1.17 bits per heavy atom. The number of fused-ring (bicyclic) bond motifs is 1. The number of hydrogen-bond acceptors (Lipinski definition) is 6. The van der Waals surface area contributed by atoms with Crippen molar-refractivity contribution < 1.29 is 17.6 Å². The third-order valence-corrected chi connectivity index (χ3v) is 6.73. The summed E-state index contributed by atoms with van der Waals surface area (Å²) in [5.41, 5.74) is 1.89. The number of rotatable bonds is 4. The van der Waals surface area contributed by atoms with E-state index in [4.69, 9.17) is 0 Å². The Morgan fingerprint density at radius 2 is 1.87 bits per heavy atom. The van der Waals surface area contributed by atoms with Crippen molar-refractivity contribution >= 4 is 38.2 Å². The lowest BCUT2D eigenvalue weighted by Gasteiger charge is -2.17. The van der Waals surface area contributed by atoms with Crippen LogP contribution in [0.5, 0.6) is 0 Å². The third kappa shape index (κ3) is 3.83. The van der Waals surface area contributed by atoms with E-state index in [1.165, 1.54) is 34.4 Å². The molecule has 7 nitrogen and oxygen atoms in total. The summed E-state index contributed by atoms with van der Waals surface area (Å²) in [5, 5.41) is 3.14. The predicted molar refractivity (Wildman–Crippen MR) is 114 cm³/mol. The molecule has 1 aromatic heterocycles. The van der Waals surface area contributed by atoms with Gasteiger partial charge in [0.2, 0.25) is 5.91 Å². The second-order valence-corrected chi connectivity index (χ2v) is 9.50. The number of amides is 1. The first-order valence-electron chi connectivity index (χ1n) is 8.93. The molecular formula is C20H17FN4O3S2. The van der Waals surface area contributed by atoms with Gasteiger partial charge in [-0.2, -0.15) is 8.42 Å². The van der Waals surface area contributed by atoms with Crippen LogP contribution in [0.2, 0.25) is 0 Å². The van der Waals surface area contributed by atoms with Crippen molar-refractivity contribution in [2.75, 3.05) is 18.9 Å². The van der Waals surface area contributed by atoms with Crippen molar-refractivity contribution in [1.82, 2.24) is 9.88 Å². The van der Waals surface area contributed by atoms with Crippen LogP contribution in [0, 0.1) is 12.7 Å². The molecule has 0 radical (unpaired) electrons. The van der Waals surface area contributed by atoms with E-state index in [-0.39, 0.29) is 29.0 Å². The molecule has 2 aromatic carbocycles.